The number of nitrogens with one attached hydrogen (secondary N) is 2. The van der Waals surface area contributed by atoms with Gasteiger partial charge in [0, 0.05) is 12.1 Å². The largest absolute Gasteiger partial charge is 0.312 e. The SMILES string of the molecule is CCNC(C(C)C)C(NCC)C(C)C. The average Bonchev–Trinajstić information content (AvgIpc) is 2.10. The van der Waals surface area contributed by atoms with Crippen molar-refractivity contribution in [2.24, 2.45) is 11.8 Å². The minimum atomic E-state index is 0.583. The summed E-state index contributed by atoms with van der Waals surface area (Å²) in [6, 6.07) is 1.17. The average molecular weight is 200 g/mol. The molecule has 0 aromatic rings. The topological polar surface area (TPSA) is 24.1 Å². The van der Waals surface area contributed by atoms with Gasteiger partial charge in [-0.15, -0.1) is 0 Å². The summed E-state index contributed by atoms with van der Waals surface area (Å²) in [5.41, 5.74) is 0. The Morgan fingerprint density at radius 3 is 1.14 bits per heavy atom. The van der Waals surface area contributed by atoms with E-state index in [9.17, 15) is 0 Å². The van der Waals surface area contributed by atoms with Crippen molar-refractivity contribution < 1.29 is 0 Å². The van der Waals surface area contributed by atoms with Gasteiger partial charge in [0.15, 0.2) is 0 Å². The summed E-state index contributed by atoms with van der Waals surface area (Å²) in [6.07, 6.45) is 0. The third-order valence-electron chi connectivity index (χ3n) is 2.70. The van der Waals surface area contributed by atoms with Crippen molar-refractivity contribution in [2.45, 2.75) is 53.6 Å². The van der Waals surface area contributed by atoms with Crippen molar-refractivity contribution in [1.82, 2.24) is 10.6 Å². The Balaban J connectivity index is 4.37. The first-order valence-corrected chi connectivity index (χ1v) is 6.01. The predicted octanol–water partition coefficient (Wildman–Crippen LogP) is 2.25. The molecular formula is C12H28N2. The van der Waals surface area contributed by atoms with Gasteiger partial charge in [0.05, 0.1) is 0 Å². The van der Waals surface area contributed by atoms with Crippen molar-refractivity contribution in [2.75, 3.05) is 13.1 Å². The standard InChI is InChI=1S/C12H28N2/c1-7-13-11(9(3)4)12(10(5)6)14-8-2/h9-14H,7-8H2,1-6H3. The minimum absolute atomic E-state index is 0.583. The molecule has 0 spiro atoms. The molecule has 2 N–H and O–H groups in total. The maximum Gasteiger partial charge on any atom is 0.0246 e. The lowest BCUT2D eigenvalue weighted by atomic mass is 9.89. The smallest absolute Gasteiger partial charge is 0.0246 e. The summed E-state index contributed by atoms with van der Waals surface area (Å²) in [5.74, 6) is 1.36. The summed E-state index contributed by atoms with van der Waals surface area (Å²) >= 11 is 0. The van der Waals surface area contributed by atoms with Crippen molar-refractivity contribution >= 4 is 0 Å². The van der Waals surface area contributed by atoms with Crippen molar-refractivity contribution in [3.8, 4) is 0 Å². The molecule has 2 heteroatoms. The minimum Gasteiger partial charge on any atom is -0.312 e. The molecule has 0 bridgehead atoms. The van der Waals surface area contributed by atoms with E-state index in [1.165, 1.54) is 0 Å². The van der Waals surface area contributed by atoms with E-state index in [0.717, 1.165) is 13.1 Å². The fraction of sp³-hybridized carbons (Fsp3) is 1.00. The van der Waals surface area contributed by atoms with E-state index in [-0.39, 0.29) is 0 Å². The van der Waals surface area contributed by atoms with E-state index >= 15 is 0 Å². The van der Waals surface area contributed by atoms with Crippen LogP contribution < -0.4 is 10.6 Å². The fourth-order valence-electron chi connectivity index (χ4n) is 2.03. The molecule has 14 heavy (non-hydrogen) atoms. The van der Waals surface area contributed by atoms with Crippen LogP contribution in [0, 0.1) is 11.8 Å². The van der Waals surface area contributed by atoms with Gasteiger partial charge < -0.3 is 10.6 Å². The first kappa shape index (κ1) is 13.9. The quantitative estimate of drug-likeness (QED) is 0.659. The van der Waals surface area contributed by atoms with Gasteiger partial charge in [0.25, 0.3) is 0 Å². The zero-order chi connectivity index (χ0) is 11.1. The van der Waals surface area contributed by atoms with Gasteiger partial charge in [-0.05, 0) is 24.9 Å². The molecule has 0 aromatic carbocycles. The highest BCUT2D eigenvalue weighted by Crippen LogP contribution is 2.13. The third kappa shape index (κ3) is 4.43. The van der Waals surface area contributed by atoms with Gasteiger partial charge in [0.2, 0.25) is 0 Å². The molecule has 0 aliphatic carbocycles. The van der Waals surface area contributed by atoms with Gasteiger partial charge in [-0.3, -0.25) is 0 Å². The van der Waals surface area contributed by atoms with Crippen molar-refractivity contribution in [3.63, 3.8) is 0 Å². The molecular weight excluding hydrogens is 172 g/mol. The van der Waals surface area contributed by atoms with Crippen LogP contribution in [-0.2, 0) is 0 Å². The molecule has 0 aromatic heterocycles. The molecule has 0 saturated heterocycles. The Bertz CT molecular complexity index is 116. The van der Waals surface area contributed by atoms with Gasteiger partial charge in [-0.1, -0.05) is 41.5 Å². The van der Waals surface area contributed by atoms with Crippen LogP contribution in [0.15, 0.2) is 0 Å². The number of hydrogen-bond donors (Lipinski definition) is 2. The predicted molar refractivity (Wildman–Crippen MR) is 64.6 cm³/mol. The van der Waals surface area contributed by atoms with Gasteiger partial charge in [0.1, 0.15) is 0 Å². The number of hydrogen-bond acceptors (Lipinski definition) is 2. The normalized spacial score (nSPS) is 16.3. The maximum absolute atomic E-state index is 3.59. The summed E-state index contributed by atoms with van der Waals surface area (Å²) in [6.45, 7) is 15.6. The Morgan fingerprint density at radius 1 is 0.714 bits per heavy atom. The highest BCUT2D eigenvalue weighted by atomic mass is 15.0. The molecule has 0 fully saturated rings. The molecule has 0 rings (SSSR count). The molecule has 2 nitrogen and oxygen atoms in total. The van der Waals surface area contributed by atoms with Crippen LogP contribution in [0.5, 0.6) is 0 Å². The van der Waals surface area contributed by atoms with Crippen LogP contribution in [0.2, 0.25) is 0 Å². The van der Waals surface area contributed by atoms with Crippen LogP contribution in [0.4, 0.5) is 0 Å². The van der Waals surface area contributed by atoms with E-state index < -0.39 is 0 Å². The zero-order valence-corrected chi connectivity index (χ0v) is 10.7. The highest BCUT2D eigenvalue weighted by Gasteiger charge is 2.25. The summed E-state index contributed by atoms with van der Waals surface area (Å²) in [7, 11) is 0. The molecule has 0 aliphatic rings. The molecule has 2 unspecified atom stereocenters. The molecule has 0 saturated carbocycles. The van der Waals surface area contributed by atoms with Crippen LogP contribution in [0.1, 0.15) is 41.5 Å². The lowest BCUT2D eigenvalue weighted by Crippen LogP contribution is -2.53. The Labute approximate surface area is 89.9 Å². The lowest BCUT2D eigenvalue weighted by molar-refractivity contribution is 0.257. The number of likely N-dealkylation sites (N-methyl/N-ethyl adjacent to an activating group) is 2. The number of rotatable bonds is 7. The molecule has 0 heterocycles. The van der Waals surface area contributed by atoms with Crippen LogP contribution >= 0.6 is 0 Å². The second kappa shape index (κ2) is 7.24. The maximum atomic E-state index is 3.59. The van der Waals surface area contributed by atoms with Gasteiger partial charge in [-0.2, -0.15) is 0 Å². The van der Waals surface area contributed by atoms with E-state index in [2.05, 4.69) is 52.2 Å². The summed E-state index contributed by atoms with van der Waals surface area (Å²) < 4.78 is 0. The first-order chi connectivity index (χ1) is 6.54. The van der Waals surface area contributed by atoms with Gasteiger partial charge in [-0.25, -0.2) is 0 Å². The Hall–Kier alpha value is -0.0800. The lowest BCUT2D eigenvalue weighted by Gasteiger charge is -2.34. The summed E-state index contributed by atoms with van der Waals surface area (Å²) in [4.78, 5) is 0. The van der Waals surface area contributed by atoms with Crippen LogP contribution in [0.25, 0.3) is 0 Å². The van der Waals surface area contributed by atoms with Crippen LogP contribution in [0.3, 0.4) is 0 Å². The monoisotopic (exact) mass is 200 g/mol. The zero-order valence-electron chi connectivity index (χ0n) is 10.7. The fourth-order valence-corrected chi connectivity index (χ4v) is 2.03. The Morgan fingerprint density at radius 2 is 1.00 bits per heavy atom. The second-order valence-corrected chi connectivity index (χ2v) is 4.65. The summed E-state index contributed by atoms with van der Waals surface area (Å²) in [5, 5.41) is 7.17. The first-order valence-electron chi connectivity index (χ1n) is 6.01. The highest BCUT2D eigenvalue weighted by molar-refractivity contribution is 4.86. The third-order valence-corrected chi connectivity index (χ3v) is 2.70. The molecule has 0 amide bonds. The van der Waals surface area contributed by atoms with E-state index in [0.29, 0.717) is 23.9 Å². The van der Waals surface area contributed by atoms with Gasteiger partial charge >= 0.3 is 0 Å². The van der Waals surface area contributed by atoms with Crippen molar-refractivity contribution in [3.05, 3.63) is 0 Å². The second-order valence-electron chi connectivity index (χ2n) is 4.65. The van der Waals surface area contributed by atoms with E-state index in [4.69, 9.17) is 0 Å². The molecule has 86 valence electrons. The molecule has 2 atom stereocenters. The van der Waals surface area contributed by atoms with Crippen LogP contribution in [-0.4, -0.2) is 25.2 Å². The molecule has 0 radical (unpaired) electrons. The van der Waals surface area contributed by atoms with Crippen molar-refractivity contribution in [1.29, 1.82) is 0 Å². The van der Waals surface area contributed by atoms with E-state index in [1.54, 1.807) is 0 Å². The molecule has 0 aliphatic heterocycles. The Kier molecular flexibility index (Phi) is 7.20. The van der Waals surface area contributed by atoms with E-state index in [1.807, 2.05) is 0 Å².